The molecule has 1 aromatic rings. The topological polar surface area (TPSA) is 34.9 Å². The molecule has 104 valence electrons. The van der Waals surface area contributed by atoms with Crippen molar-refractivity contribution in [2.75, 3.05) is 0 Å². The lowest BCUT2D eigenvalue weighted by Gasteiger charge is -2.22. The fourth-order valence-electron chi connectivity index (χ4n) is 3.62. The zero-order valence-electron chi connectivity index (χ0n) is 11.3. The van der Waals surface area contributed by atoms with Crippen molar-refractivity contribution in [2.45, 2.75) is 69.7 Å². The first-order valence-electron chi connectivity index (χ1n) is 7.54. The molecule has 2 fully saturated rings. The zero-order chi connectivity index (χ0) is 13.2. The minimum Gasteiger partial charge on any atom is -0.298 e. The highest BCUT2D eigenvalue weighted by Crippen LogP contribution is 2.39. The van der Waals surface area contributed by atoms with Crippen LogP contribution in [0.2, 0.25) is 5.15 Å². The van der Waals surface area contributed by atoms with Gasteiger partial charge in [-0.2, -0.15) is 5.10 Å². The number of aldehydes is 1. The minimum absolute atomic E-state index is 0.398. The molecule has 1 aromatic heterocycles. The summed E-state index contributed by atoms with van der Waals surface area (Å²) in [4.78, 5) is 11.4. The fourth-order valence-corrected chi connectivity index (χ4v) is 3.94. The molecule has 0 bridgehead atoms. The van der Waals surface area contributed by atoms with Gasteiger partial charge < -0.3 is 0 Å². The van der Waals surface area contributed by atoms with Crippen molar-refractivity contribution in [3.8, 4) is 0 Å². The van der Waals surface area contributed by atoms with E-state index in [-0.39, 0.29) is 0 Å². The minimum atomic E-state index is 0.398. The average Bonchev–Trinajstić information content (AvgIpc) is 3.07. The van der Waals surface area contributed by atoms with E-state index in [1.54, 1.807) is 0 Å². The Morgan fingerprint density at radius 2 is 1.68 bits per heavy atom. The molecule has 0 aliphatic heterocycles. The number of rotatable bonds is 3. The lowest BCUT2D eigenvalue weighted by molar-refractivity contribution is 0.112. The number of aromatic nitrogens is 2. The zero-order valence-corrected chi connectivity index (χ0v) is 12.0. The summed E-state index contributed by atoms with van der Waals surface area (Å²) in [6, 6.07) is 0.398. The number of halogens is 1. The normalized spacial score (nSPS) is 21.9. The van der Waals surface area contributed by atoms with Crippen LogP contribution >= 0.6 is 11.6 Å². The second-order valence-electron chi connectivity index (χ2n) is 5.93. The molecule has 3 rings (SSSR count). The third-order valence-electron chi connectivity index (χ3n) is 4.70. The Labute approximate surface area is 119 Å². The monoisotopic (exact) mass is 280 g/mol. The highest BCUT2D eigenvalue weighted by Gasteiger charge is 2.28. The number of carbonyl (C=O) groups is 1. The maximum absolute atomic E-state index is 11.4. The third kappa shape index (κ3) is 2.45. The Hall–Kier alpha value is -0.830. The Kier molecular flexibility index (Phi) is 3.92. The van der Waals surface area contributed by atoms with Gasteiger partial charge >= 0.3 is 0 Å². The molecule has 2 aliphatic rings. The molecule has 0 aromatic carbocycles. The smallest absolute Gasteiger partial charge is 0.155 e. The quantitative estimate of drug-likeness (QED) is 0.764. The van der Waals surface area contributed by atoms with Gasteiger partial charge in [0, 0.05) is 5.92 Å². The summed E-state index contributed by atoms with van der Waals surface area (Å²) >= 11 is 6.41. The van der Waals surface area contributed by atoms with E-state index >= 15 is 0 Å². The van der Waals surface area contributed by atoms with Crippen LogP contribution in [-0.4, -0.2) is 16.1 Å². The summed E-state index contributed by atoms with van der Waals surface area (Å²) in [5.41, 5.74) is 1.61. The van der Waals surface area contributed by atoms with E-state index in [0.717, 1.165) is 37.7 Å². The summed E-state index contributed by atoms with van der Waals surface area (Å²) in [5.74, 6) is 0.447. The highest BCUT2D eigenvalue weighted by atomic mass is 35.5. The van der Waals surface area contributed by atoms with E-state index in [2.05, 4.69) is 0 Å². The van der Waals surface area contributed by atoms with Gasteiger partial charge in [-0.05, 0) is 25.7 Å². The predicted molar refractivity (Wildman–Crippen MR) is 76.0 cm³/mol. The molecule has 19 heavy (non-hydrogen) atoms. The molecule has 4 heteroatoms. The van der Waals surface area contributed by atoms with Crippen molar-refractivity contribution in [3.63, 3.8) is 0 Å². The lowest BCUT2D eigenvalue weighted by atomic mass is 9.96. The number of hydrogen-bond acceptors (Lipinski definition) is 2. The molecule has 0 spiro atoms. The van der Waals surface area contributed by atoms with E-state index in [0.29, 0.717) is 22.7 Å². The van der Waals surface area contributed by atoms with E-state index in [4.69, 9.17) is 16.7 Å². The SMILES string of the molecule is O=Cc1c(C2CCCC2)nn(C2CCCCC2)c1Cl. The second kappa shape index (κ2) is 5.66. The molecular weight excluding hydrogens is 260 g/mol. The van der Waals surface area contributed by atoms with E-state index in [1.165, 1.54) is 32.1 Å². The first kappa shape index (κ1) is 13.2. The van der Waals surface area contributed by atoms with Crippen LogP contribution in [0.1, 0.15) is 85.8 Å². The molecule has 0 amide bonds. The average molecular weight is 281 g/mol. The Balaban J connectivity index is 1.93. The standard InChI is InChI=1S/C15H21ClN2O/c16-15-13(10-19)14(11-6-4-5-7-11)17-18(15)12-8-2-1-3-9-12/h10-12H,1-9H2. The van der Waals surface area contributed by atoms with Gasteiger partial charge in [-0.3, -0.25) is 4.79 Å². The molecule has 2 saturated carbocycles. The van der Waals surface area contributed by atoms with Crippen LogP contribution in [0, 0.1) is 0 Å². The molecular formula is C15H21ClN2O. The van der Waals surface area contributed by atoms with Crippen molar-refractivity contribution in [1.82, 2.24) is 9.78 Å². The van der Waals surface area contributed by atoms with Gasteiger partial charge in [0.2, 0.25) is 0 Å². The molecule has 2 aliphatic carbocycles. The van der Waals surface area contributed by atoms with Gasteiger partial charge in [-0.1, -0.05) is 43.7 Å². The first-order chi connectivity index (χ1) is 9.31. The van der Waals surface area contributed by atoms with Gasteiger partial charge in [0.25, 0.3) is 0 Å². The van der Waals surface area contributed by atoms with Crippen molar-refractivity contribution in [3.05, 3.63) is 16.4 Å². The third-order valence-corrected chi connectivity index (χ3v) is 5.07. The molecule has 1 heterocycles. The van der Waals surface area contributed by atoms with Crippen LogP contribution in [0.25, 0.3) is 0 Å². The van der Waals surface area contributed by atoms with Crippen LogP contribution in [0.4, 0.5) is 0 Å². The number of nitrogens with zero attached hydrogens (tertiary/aromatic N) is 2. The molecule has 0 saturated heterocycles. The van der Waals surface area contributed by atoms with Crippen molar-refractivity contribution in [1.29, 1.82) is 0 Å². The Bertz CT molecular complexity index is 457. The predicted octanol–water partition coefficient (Wildman–Crippen LogP) is 4.51. The van der Waals surface area contributed by atoms with Crippen molar-refractivity contribution < 1.29 is 4.79 Å². The summed E-state index contributed by atoms with van der Waals surface area (Å²) in [6.07, 6.45) is 11.8. The number of carbonyl (C=O) groups excluding carboxylic acids is 1. The molecule has 0 atom stereocenters. The molecule has 3 nitrogen and oxygen atoms in total. The summed E-state index contributed by atoms with van der Waals surface area (Å²) in [5, 5.41) is 5.31. The Morgan fingerprint density at radius 1 is 1.05 bits per heavy atom. The van der Waals surface area contributed by atoms with Gasteiger partial charge in [-0.25, -0.2) is 4.68 Å². The lowest BCUT2D eigenvalue weighted by Crippen LogP contribution is -2.14. The summed E-state index contributed by atoms with van der Waals surface area (Å²) < 4.78 is 1.94. The van der Waals surface area contributed by atoms with Crippen LogP contribution in [-0.2, 0) is 0 Å². The maximum Gasteiger partial charge on any atom is 0.155 e. The van der Waals surface area contributed by atoms with E-state index in [1.807, 2.05) is 4.68 Å². The van der Waals surface area contributed by atoms with Crippen LogP contribution < -0.4 is 0 Å². The Morgan fingerprint density at radius 3 is 2.32 bits per heavy atom. The van der Waals surface area contributed by atoms with Crippen molar-refractivity contribution >= 4 is 17.9 Å². The van der Waals surface area contributed by atoms with Crippen LogP contribution in [0.5, 0.6) is 0 Å². The maximum atomic E-state index is 11.4. The van der Waals surface area contributed by atoms with E-state index in [9.17, 15) is 4.79 Å². The first-order valence-corrected chi connectivity index (χ1v) is 7.92. The van der Waals surface area contributed by atoms with Crippen LogP contribution in [0.15, 0.2) is 0 Å². The summed E-state index contributed by atoms with van der Waals surface area (Å²) in [7, 11) is 0. The van der Waals surface area contributed by atoms with Gasteiger partial charge in [0.05, 0.1) is 17.3 Å². The summed E-state index contributed by atoms with van der Waals surface area (Å²) in [6.45, 7) is 0. The fraction of sp³-hybridized carbons (Fsp3) is 0.733. The van der Waals surface area contributed by atoms with Crippen LogP contribution in [0.3, 0.4) is 0 Å². The molecule has 0 N–H and O–H groups in total. The van der Waals surface area contributed by atoms with Gasteiger partial charge in [0.15, 0.2) is 6.29 Å². The molecule has 0 unspecified atom stereocenters. The van der Waals surface area contributed by atoms with Gasteiger partial charge in [0.1, 0.15) is 5.15 Å². The second-order valence-corrected chi connectivity index (χ2v) is 6.28. The largest absolute Gasteiger partial charge is 0.298 e. The highest BCUT2D eigenvalue weighted by molar-refractivity contribution is 6.32. The van der Waals surface area contributed by atoms with E-state index < -0.39 is 0 Å². The molecule has 0 radical (unpaired) electrons. The number of hydrogen-bond donors (Lipinski definition) is 0. The van der Waals surface area contributed by atoms with Crippen molar-refractivity contribution in [2.24, 2.45) is 0 Å². The van der Waals surface area contributed by atoms with Gasteiger partial charge in [-0.15, -0.1) is 0 Å².